The monoisotopic (exact) mass is 521 g/mol. The van der Waals surface area contributed by atoms with Gasteiger partial charge < -0.3 is 29.2 Å². The Hall–Kier alpha value is -3.05. The number of benzene rings is 1. The molecule has 5 heterocycles. The first-order valence-electron chi connectivity index (χ1n) is 11.5. The number of aromatic nitrogens is 2. The van der Waals surface area contributed by atoms with Gasteiger partial charge in [0.05, 0.1) is 24.4 Å². The maximum absolute atomic E-state index is 13.5. The molecule has 0 spiro atoms. The average Bonchev–Trinajstić information content (AvgIpc) is 3.44. The standard InChI is InChI=1S/C25H24N3O6.Co/c1-2-13-14-6-20-23-17(10-28(20)24(30)18(14)11-32-25(13)31)16(9-26-4-3-5-29)15-7-21-22(34-12-33-21)8-19(15)27-23;/h6-8,26,29H,2-5,9-12H2,1H3;/q-1;. The number of cyclic esters (lactones) is 1. The molecule has 0 atom stereocenters. The van der Waals surface area contributed by atoms with E-state index in [0.29, 0.717) is 66.7 Å². The van der Waals surface area contributed by atoms with Crippen LogP contribution in [0.3, 0.4) is 0 Å². The first-order valence-corrected chi connectivity index (χ1v) is 11.5. The molecule has 0 aliphatic carbocycles. The SMILES string of the molecule is CC[C-]1C(=O)OCc2c1cc1n(c2=O)Cc2c-1nc1cc3c(cc1c2CNCCCO)OCO3.[Co]. The number of aliphatic hydroxyl groups excluding tert-OH is 1. The molecule has 0 fully saturated rings. The molecule has 35 heavy (non-hydrogen) atoms. The fourth-order valence-corrected chi connectivity index (χ4v) is 5.04. The Balaban J connectivity index is 0.00000253. The van der Waals surface area contributed by atoms with Gasteiger partial charge in [-0.05, 0) is 30.2 Å². The molecule has 0 saturated carbocycles. The number of esters is 1. The number of aliphatic hydroxyl groups is 1. The van der Waals surface area contributed by atoms with Crippen LogP contribution in [-0.4, -0.2) is 40.6 Å². The van der Waals surface area contributed by atoms with Crippen molar-refractivity contribution in [3.05, 3.63) is 56.7 Å². The van der Waals surface area contributed by atoms with Gasteiger partial charge in [-0.3, -0.25) is 9.59 Å². The second kappa shape index (κ2) is 9.19. The van der Waals surface area contributed by atoms with Crippen LogP contribution in [0.1, 0.15) is 42.0 Å². The van der Waals surface area contributed by atoms with Gasteiger partial charge in [0.2, 0.25) is 12.4 Å². The Morgan fingerprint density at radius 2 is 1.94 bits per heavy atom. The summed E-state index contributed by atoms with van der Waals surface area (Å²) in [4.78, 5) is 30.7. The summed E-state index contributed by atoms with van der Waals surface area (Å²) < 4.78 is 18.2. The van der Waals surface area contributed by atoms with Gasteiger partial charge in [0.15, 0.2) is 11.5 Å². The molecule has 0 amide bonds. The quantitative estimate of drug-likeness (QED) is 0.225. The maximum Gasteiger partial charge on any atom is 0.277 e. The molecule has 3 aliphatic rings. The van der Waals surface area contributed by atoms with Crippen molar-refractivity contribution in [2.45, 2.75) is 39.5 Å². The molecular formula is C25H24CoN3O6-. The fraction of sp³-hybridized carbons (Fsp3) is 0.360. The molecule has 3 aliphatic heterocycles. The van der Waals surface area contributed by atoms with E-state index in [1.807, 2.05) is 25.1 Å². The zero-order chi connectivity index (χ0) is 23.4. The minimum absolute atomic E-state index is 0. The molecule has 0 unspecified atom stereocenters. The van der Waals surface area contributed by atoms with Gasteiger partial charge >= 0.3 is 0 Å². The molecule has 2 aromatic heterocycles. The molecular weight excluding hydrogens is 497 g/mol. The number of nitrogens with one attached hydrogen (secondary N) is 1. The van der Waals surface area contributed by atoms with Crippen molar-refractivity contribution in [2.75, 3.05) is 19.9 Å². The third-order valence-corrected chi connectivity index (χ3v) is 6.74. The maximum atomic E-state index is 13.5. The van der Waals surface area contributed by atoms with Crippen LogP contribution in [0.2, 0.25) is 0 Å². The van der Waals surface area contributed by atoms with Crippen molar-refractivity contribution < 1.29 is 40.9 Å². The second-order valence-electron chi connectivity index (χ2n) is 8.62. The number of pyridine rings is 2. The molecule has 2 N–H and O–H groups in total. The van der Waals surface area contributed by atoms with E-state index >= 15 is 0 Å². The summed E-state index contributed by atoms with van der Waals surface area (Å²) in [6.45, 7) is 3.76. The Morgan fingerprint density at radius 3 is 2.71 bits per heavy atom. The molecule has 0 saturated heterocycles. The first-order chi connectivity index (χ1) is 16.6. The van der Waals surface area contributed by atoms with Crippen LogP contribution in [-0.2, 0) is 46.0 Å². The van der Waals surface area contributed by atoms with E-state index in [-0.39, 0.29) is 48.3 Å². The zero-order valence-corrected chi connectivity index (χ0v) is 20.1. The fourth-order valence-electron chi connectivity index (χ4n) is 5.04. The molecule has 1 radical (unpaired) electrons. The van der Waals surface area contributed by atoms with Crippen LogP contribution in [0.4, 0.5) is 0 Å². The van der Waals surface area contributed by atoms with Crippen LogP contribution >= 0.6 is 0 Å². The Labute approximate surface area is 211 Å². The average molecular weight is 521 g/mol. The van der Waals surface area contributed by atoms with Gasteiger partial charge in [-0.2, -0.15) is 5.56 Å². The van der Waals surface area contributed by atoms with E-state index in [1.54, 1.807) is 4.57 Å². The largest absolute Gasteiger partial charge is 0.479 e. The number of ether oxygens (including phenoxy) is 3. The predicted molar refractivity (Wildman–Crippen MR) is 123 cm³/mol. The van der Waals surface area contributed by atoms with E-state index in [1.165, 1.54) is 0 Å². The summed E-state index contributed by atoms with van der Waals surface area (Å²) in [5.74, 6) is 1.46. The van der Waals surface area contributed by atoms with Crippen LogP contribution in [0.15, 0.2) is 23.0 Å². The van der Waals surface area contributed by atoms with Gasteiger partial charge in [0.1, 0.15) is 0 Å². The summed E-state index contributed by atoms with van der Waals surface area (Å²) in [6, 6.07) is 5.73. The molecule has 9 nitrogen and oxygen atoms in total. The number of carbonyl (C=O) groups excluding carboxylic acids is 1. The third-order valence-electron chi connectivity index (χ3n) is 6.74. The van der Waals surface area contributed by atoms with E-state index in [0.717, 1.165) is 27.7 Å². The van der Waals surface area contributed by atoms with Gasteiger partial charge in [-0.25, -0.2) is 4.98 Å². The van der Waals surface area contributed by atoms with Crippen molar-refractivity contribution in [3.63, 3.8) is 0 Å². The van der Waals surface area contributed by atoms with Crippen molar-refractivity contribution in [1.29, 1.82) is 0 Å². The summed E-state index contributed by atoms with van der Waals surface area (Å²) in [5, 5.41) is 13.5. The summed E-state index contributed by atoms with van der Waals surface area (Å²) >= 11 is 0. The third kappa shape index (κ3) is 3.68. The molecule has 3 aromatic rings. The second-order valence-corrected chi connectivity index (χ2v) is 8.62. The number of nitrogens with zero attached hydrogens (tertiary/aromatic N) is 2. The van der Waals surface area contributed by atoms with Gasteiger partial charge in [-0.15, -0.1) is 6.07 Å². The van der Waals surface area contributed by atoms with Crippen LogP contribution in [0.5, 0.6) is 11.5 Å². The molecule has 1 aromatic carbocycles. The number of fused-ring (bicyclic) bond motifs is 6. The van der Waals surface area contributed by atoms with Crippen LogP contribution < -0.4 is 20.3 Å². The van der Waals surface area contributed by atoms with E-state index < -0.39 is 0 Å². The molecule has 10 heteroatoms. The van der Waals surface area contributed by atoms with E-state index in [2.05, 4.69) is 5.32 Å². The predicted octanol–water partition coefficient (Wildman–Crippen LogP) is 2.01. The summed E-state index contributed by atoms with van der Waals surface area (Å²) in [5.41, 5.74) is 5.21. The Kier molecular flexibility index (Phi) is 6.22. The van der Waals surface area contributed by atoms with Crippen molar-refractivity contribution in [1.82, 2.24) is 14.9 Å². The van der Waals surface area contributed by atoms with Crippen LogP contribution in [0.25, 0.3) is 22.3 Å². The normalized spacial score (nSPS) is 14.9. The number of carbonyl (C=O) groups is 1. The molecule has 6 rings (SSSR count). The van der Waals surface area contributed by atoms with Gasteiger partial charge in [-0.1, -0.05) is 19.3 Å². The zero-order valence-electron chi connectivity index (χ0n) is 19.1. The van der Waals surface area contributed by atoms with E-state index in [4.69, 9.17) is 24.3 Å². The Morgan fingerprint density at radius 1 is 1.14 bits per heavy atom. The summed E-state index contributed by atoms with van der Waals surface area (Å²) in [7, 11) is 0. The van der Waals surface area contributed by atoms with Crippen molar-refractivity contribution in [3.8, 4) is 22.9 Å². The van der Waals surface area contributed by atoms with Crippen LogP contribution in [0, 0.1) is 5.92 Å². The van der Waals surface area contributed by atoms with E-state index in [9.17, 15) is 9.59 Å². The molecule has 0 bridgehead atoms. The Bertz CT molecular complexity index is 1400. The number of hydrogen-bond donors (Lipinski definition) is 2. The van der Waals surface area contributed by atoms with Crippen molar-refractivity contribution in [2.24, 2.45) is 0 Å². The minimum Gasteiger partial charge on any atom is -0.479 e. The molecule has 185 valence electrons. The van der Waals surface area contributed by atoms with Gasteiger partial charge in [0, 0.05) is 52.6 Å². The summed E-state index contributed by atoms with van der Waals surface area (Å²) in [6.07, 6.45) is 1.13. The minimum atomic E-state index is -0.370. The number of hydrogen-bond acceptors (Lipinski definition) is 8. The van der Waals surface area contributed by atoms with Crippen molar-refractivity contribution >= 4 is 16.9 Å². The topological polar surface area (TPSA) is 112 Å². The smallest absolute Gasteiger partial charge is 0.277 e. The first kappa shape index (κ1) is 23.7. The van der Waals surface area contributed by atoms with Gasteiger partial charge in [0.25, 0.3) is 5.97 Å². The number of rotatable bonds is 6.